The Morgan fingerprint density at radius 1 is 1.33 bits per heavy atom. The lowest BCUT2D eigenvalue weighted by Crippen LogP contribution is -2.29. The Labute approximate surface area is 212 Å². The summed E-state index contributed by atoms with van der Waals surface area (Å²) in [6.07, 6.45) is 3.34. The zero-order chi connectivity index (χ0) is 26.0. The number of benzene rings is 1. The molecule has 0 unspecified atom stereocenters. The number of carbonyl (C=O) groups excluding carboxylic acids is 1. The second kappa shape index (κ2) is 10.3. The van der Waals surface area contributed by atoms with Crippen molar-refractivity contribution < 1.29 is 22.3 Å². The summed E-state index contributed by atoms with van der Waals surface area (Å²) in [4.78, 5) is 28.0. The SMILES string of the molecule is CNC(=O)O[C@@H](C)CNc1nccc(-c2[nH]c(C3CC3)nc2-c2cc(Cl)cc(NS(C)(=O)=O)c2F)n1. The van der Waals surface area contributed by atoms with Gasteiger partial charge in [-0.1, -0.05) is 11.6 Å². The van der Waals surface area contributed by atoms with Crippen molar-refractivity contribution in [2.45, 2.75) is 31.8 Å². The number of anilines is 2. The van der Waals surface area contributed by atoms with Crippen molar-refractivity contribution in [3.05, 3.63) is 41.1 Å². The standard InChI is InChI=1S/C22H25ClFN7O4S/c1-11(35-22(32)25-2)10-27-21-26-7-6-15(28-21)19-18(29-20(30-19)12-4-5-12)14-8-13(23)9-16(17(14)24)31-36(3,33)34/h6-9,11-12,31H,4-5,10H2,1-3H3,(H,25,32)(H,29,30)(H,26,27,28)/t11-/m0/s1. The second-order valence-electron chi connectivity index (χ2n) is 8.42. The van der Waals surface area contributed by atoms with Crippen LogP contribution >= 0.6 is 11.6 Å². The van der Waals surface area contributed by atoms with E-state index in [0.717, 1.165) is 19.1 Å². The molecule has 36 heavy (non-hydrogen) atoms. The van der Waals surface area contributed by atoms with E-state index in [-0.39, 0.29) is 40.4 Å². The smallest absolute Gasteiger partial charge is 0.407 e. The molecule has 0 radical (unpaired) electrons. The highest BCUT2D eigenvalue weighted by molar-refractivity contribution is 7.92. The number of halogens is 2. The zero-order valence-electron chi connectivity index (χ0n) is 19.7. The van der Waals surface area contributed by atoms with Crippen molar-refractivity contribution in [3.63, 3.8) is 0 Å². The van der Waals surface area contributed by atoms with Gasteiger partial charge in [-0.15, -0.1) is 0 Å². The minimum Gasteiger partial charge on any atom is -0.445 e. The Bertz CT molecular complexity index is 1400. The minimum atomic E-state index is -3.75. The Balaban J connectivity index is 1.70. The number of alkyl carbamates (subject to hydrolysis) is 1. The summed E-state index contributed by atoms with van der Waals surface area (Å²) in [7, 11) is -2.28. The first kappa shape index (κ1) is 25.6. The number of amides is 1. The molecule has 0 aliphatic heterocycles. The van der Waals surface area contributed by atoms with Crippen molar-refractivity contribution >= 4 is 39.4 Å². The van der Waals surface area contributed by atoms with E-state index in [9.17, 15) is 13.2 Å². The van der Waals surface area contributed by atoms with Crippen LogP contribution in [0.25, 0.3) is 22.6 Å². The summed E-state index contributed by atoms with van der Waals surface area (Å²) in [6, 6.07) is 4.23. The van der Waals surface area contributed by atoms with Gasteiger partial charge in [-0.05, 0) is 38.0 Å². The molecule has 192 valence electrons. The molecule has 4 N–H and O–H groups in total. The summed E-state index contributed by atoms with van der Waals surface area (Å²) in [5.74, 6) is 0.347. The molecule has 1 aromatic carbocycles. The van der Waals surface area contributed by atoms with Crippen LogP contribution in [0.3, 0.4) is 0 Å². The van der Waals surface area contributed by atoms with Crippen LogP contribution in [-0.2, 0) is 14.8 Å². The maximum Gasteiger partial charge on any atom is 0.407 e. The van der Waals surface area contributed by atoms with Crippen LogP contribution in [0.4, 0.5) is 20.8 Å². The number of imidazole rings is 1. The number of sulfonamides is 1. The number of hydrogen-bond acceptors (Lipinski definition) is 8. The van der Waals surface area contributed by atoms with E-state index in [0.29, 0.717) is 17.2 Å². The van der Waals surface area contributed by atoms with Crippen LogP contribution in [0.15, 0.2) is 24.4 Å². The van der Waals surface area contributed by atoms with E-state index < -0.39 is 28.0 Å². The van der Waals surface area contributed by atoms with Gasteiger partial charge >= 0.3 is 6.09 Å². The van der Waals surface area contributed by atoms with Crippen LogP contribution in [0.1, 0.15) is 31.5 Å². The second-order valence-corrected chi connectivity index (χ2v) is 10.6. The summed E-state index contributed by atoms with van der Waals surface area (Å²) in [5, 5.41) is 5.52. The molecule has 1 aliphatic rings. The number of nitrogens with one attached hydrogen (secondary N) is 4. The van der Waals surface area contributed by atoms with E-state index in [4.69, 9.17) is 16.3 Å². The number of aromatic nitrogens is 4. The van der Waals surface area contributed by atoms with Gasteiger partial charge in [-0.25, -0.2) is 32.6 Å². The fraction of sp³-hybridized carbons (Fsp3) is 0.364. The van der Waals surface area contributed by atoms with Gasteiger partial charge < -0.3 is 20.4 Å². The molecule has 1 aliphatic carbocycles. The van der Waals surface area contributed by atoms with Crippen molar-refractivity contribution in [2.24, 2.45) is 0 Å². The third-order valence-corrected chi connectivity index (χ3v) is 6.05. The van der Waals surface area contributed by atoms with Crippen molar-refractivity contribution in [1.82, 2.24) is 25.3 Å². The van der Waals surface area contributed by atoms with Gasteiger partial charge in [0, 0.05) is 29.7 Å². The molecule has 1 fully saturated rings. The average Bonchev–Trinajstić information content (AvgIpc) is 3.57. The van der Waals surface area contributed by atoms with Crippen molar-refractivity contribution in [3.8, 4) is 22.6 Å². The Kier molecular flexibility index (Phi) is 7.31. The molecule has 2 heterocycles. The largest absolute Gasteiger partial charge is 0.445 e. The Morgan fingerprint density at radius 3 is 2.75 bits per heavy atom. The molecule has 4 rings (SSSR count). The van der Waals surface area contributed by atoms with E-state index in [2.05, 4.69) is 35.3 Å². The molecule has 0 saturated heterocycles. The molecule has 0 spiro atoms. The first-order chi connectivity index (χ1) is 17.0. The number of rotatable bonds is 9. The summed E-state index contributed by atoms with van der Waals surface area (Å²) < 4.78 is 46.2. The van der Waals surface area contributed by atoms with Crippen LogP contribution in [-0.4, -0.2) is 60.4 Å². The van der Waals surface area contributed by atoms with Gasteiger partial charge in [0.1, 0.15) is 17.6 Å². The number of hydrogen-bond donors (Lipinski definition) is 4. The Morgan fingerprint density at radius 2 is 2.08 bits per heavy atom. The van der Waals surface area contributed by atoms with Gasteiger partial charge in [0.05, 0.1) is 29.9 Å². The van der Waals surface area contributed by atoms with E-state index in [1.165, 1.54) is 25.4 Å². The predicted molar refractivity (Wildman–Crippen MR) is 134 cm³/mol. The van der Waals surface area contributed by atoms with Crippen LogP contribution < -0.4 is 15.4 Å². The quantitative estimate of drug-likeness (QED) is 0.322. The summed E-state index contributed by atoms with van der Waals surface area (Å²) >= 11 is 6.21. The predicted octanol–water partition coefficient (Wildman–Crippen LogP) is 3.73. The molecular formula is C22H25ClFN7O4S. The van der Waals surface area contributed by atoms with Crippen LogP contribution in [0.2, 0.25) is 5.02 Å². The summed E-state index contributed by atoms with van der Waals surface area (Å²) in [6.45, 7) is 1.97. The highest BCUT2D eigenvalue weighted by Crippen LogP contribution is 2.43. The van der Waals surface area contributed by atoms with E-state index in [1.807, 2.05) is 0 Å². The maximum atomic E-state index is 15.5. The van der Waals surface area contributed by atoms with Crippen LogP contribution in [0.5, 0.6) is 0 Å². The van der Waals surface area contributed by atoms with Crippen LogP contribution in [0, 0.1) is 5.82 Å². The van der Waals surface area contributed by atoms with Crippen molar-refractivity contribution in [1.29, 1.82) is 0 Å². The third-order valence-electron chi connectivity index (χ3n) is 5.25. The summed E-state index contributed by atoms with van der Waals surface area (Å²) in [5.41, 5.74) is 0.848. The van der Waals surface area contributed by atoms with E-state index in [1.54, 1.807) is 13.0 Å². The molecular weight excluding hydrogens is 513 g/mol. The van der Waals surface area contributed by atoms with Gasteiger partial charge in [-0.2, -0.15) is 0 Å². The van der Waals surface area contributed by atoms with Gasteiger partial charge in [0.15, 0.2) is 5.82 Å². The normalized spacial score (nSPS) is 14.2. The highest BCUT2D eigenvalue weighted by atomic mass is 35.5. The lowest BCUT2D eigenvalue weighted by molar-refractivity contribution is 0.114. The number of nitrogens with zero attached hydrogens (tertiary/aromatic N) is 3. The molecule has 2 aromatic heterocycles. The molecule has 0 bridgehead atoms. The monoisotopic (exact) mass is 537 g/mol. The molecule has 1 saturated carbocycles. The highest BCUT2D eigenvalue weighted by Gasteiger charge is 2.30. The fourth-order valence-electron chi connectivity index (χ4n) is 3.46. The lowest BCUT2D eigenvalue weighted by Gasteiger charge is -2.14. The number of aromatic amines is 1. The molecule has 1 atom stereocenters. The first-order valence-electron chi connectivity index (χ1n) is 11.1. The number of ether oxygens (including phenoxy) is 1. The topological polar surface area (TPSA) is 151 Å². The third kappa shape index (κ3) is 6.21. The molecule has 14 heteroatoms. The van der Waals surface area contributed by atoms with Gasteiger partial charge in [0.2, 0.25) is 16.0 Å². The first-order valence-corrected chi connectivity index (χ1v) is 13.3. The molecule has 1 amide bonds. The van der Waals surface area contributed by atoms with Gasteiger partial charge in [-0.3, -0.25) is 4.72 Å². The number of H-pyrrole nitrogens is 1. The van der Waals surface area contributed by atoms with Gasteiger partial charge in [0.25, 0.3) is 0 Å². The fourth-order valence-corrected chi connectivity index (χ4v) is 4.23. The van der Waals surface area contributed by atoms with E-state index >= 15 is 4.39 Å². The maximum absolute atomic E-state index is 15.5. The Hall–Kier alpha value is -3.45. The lowest BCUT2D eigenvalue weighted by atomic mass is 10.1. The van der Waals surface area contributed by atoms with Crippen molar-refractivity contribution in [2.75, 3.05) is 29.9 Å². The average molecular weight is 538 g/mol. The number of carbonyl (C=O) groups is 1. The molecule has 11 nitrogen and oxygen atoms in total. The minimum absolute atomic E-state index is 0.0209. The molecule has 3 aromatic rings. The zero-order valence-corrected chi connectivity index (χ0v) is 21.3.